The van der Waals surface area contributed by atoms with Gasteiger partial charge in [0.05, 0.1) is 24.7 Å². The molecule has 0 spiro atoms. The average molecular weight is 725 g/mol. The minimum atomic E-state index is -0.575. The molecular formula is C56H34. The number of benzene rings is 12. The summed E-state index contributed by atoms with van der Waals surface area (Å²) in [5.41, 5.74) is 4.85. The molecule has 0 aliphatic heterocycles. The SMILES string of the molecule is [2H]c1c([2H])c2c([2H])c([2H])c3c([2H])c([2H])c(-c4cccc(-c5cc(-c6cccc(-c7ccccc7)c6)cc(-c6c([2H])c([2H])c7c([2H])c([2H])c8c([2H])c([2H])c([2H])c9c([2H])c([2H])c6c7c89)c5)c4)c4c([2H])c([2H])c(c1[2H])c2c34. The molecule has 0 N–H and O–H groups in total. The van der Waals surface area contributed by atoms with E-state index in [0.29, 0.717) is 27.8 Å². The van der Waals surface area contributed by atoms with E-state index in [2.05, 4.69) is 0 Å². The maximum atomic E-state index is 9.65. The Labute approximate surface area is 350 Å². The van der Waals surface area contributed by atoms with Crippen molar-refractivity contribution in [1.29, 1.82) is 0 Å². The molecule has 0 amide bonds. The van der Waals surface area contributed by atoms with Gasteiger partial charge in [-0.05, 0) is 151 Å². The fourth-order valence-corrected chi connectivity index (χ4v) is 8.03. The summed E-state index contributed by atoms with van der Waals surface area (Å²) >= 11 is 0. The van der Waals surface area contributed by atoms with Crippen LogP contribution in [0.5, 0.6) is 0 Å². The highest BCUT2D eigenvalue weighted by molar-refractivity contribution is 6.26. The van der Waals surface area contributed by atoms with E-state index in [-0.39, 0.29) is 75.8 Å². The molecule has 12 aromatic carbocycles. The molecule has 0 radical (unpaired) electrons. The Bertz CT molecular complexity index is 4460. The van der Waals surface area contributed by atoms with Gasteiger partial charge in [-0.2, -0.15) is 0 Å². The Balaban J connectivity index is 1.18. The molecule has 0 nitrogen and oxygen atoms in total. The van der Waals surface area contributed by atoms with Crippen molar-refractivity contribution in [1.82, 2.24) is 0 Å². The van der Waals surface area contributed by atoms with Crippen LogP contribution in [0.4, 0.5) is 0 Å². The van der Waals surface area contributed by atoms with Gasteiger partial charge < -0.3 is 0 Å². The Kier molecular flexibility index (Phi) is 3.97. The standard InChI is InChI=1S/C56H34/c1-2-8-35(9-3-1)42-14-6-15-43(30-42)46-32-47(34-48(33-46)50-27-23-41-21-19-37-11-5-13-39-25-29-52(50)56(41)54(37)39)44-16-7-17-45(31-44)49-26-22-40-20-18-36-10-4-12-38-24-28-51(49)55(40)53(36)38/h1-34H/i4D,5D,10D,11D,12D,13D,18D,19D,20D,21D,22D,23D,24D,25D,26D,27D,28D,29D. The molecule has 0 atom stereocenters. The molecule has 0 heteroatoms. The molecule has 12 aromatic rings. The van der Waals surface area contributed by atoms with Crippen LogP contribution in [0.1, 0.15) is 24.7 Å². The van der Waals surface area contributed by atoms with Crippen molar-refractivity contribution in [2.75, 3.05) is 0 Å². The third-order valence-electron chi connectivity index (χ3n) is 10.6. The molecule has 0 aromatic heterocycles. The lowest BCUT2D eigenvalue weighted by Gasteiger charge is -2.17. The van der Waals surface area contributed by atoms with Crippen LogP contribution < -0.4 is 0 Å². The van der Waals surface area contributed by atoms with Gasteiger partial charge in [0.25, 0.3) is 0 Å². The lowest BCUT2D eigenvalue weighted by Crippen LogP contribution is -1.90. The monoisotopic (exact) mass is 724 g/mol. The average Bonchev–Trinajstić information content (AvgIpc) is 3.41. The van der Waals surface area contributed by atoms with Crippen LogP contribution in [0.25, 0.3) is 120 Å². The van der Waals surface area contributed by atoms with Gasteiger partial charge in [0, 0.05) is 0 Å². The first kappa shape index (κ1) is 18.4. The van der Waals surface area contributed by atoms with E-state index >= 15 is 0 Å². The highest BCUT2D eigenvalue weighted by Crippen LogP contribution is 2.43. The van der Waals surface area contributed by atoms with E-state index in [1.807, 2.05) is 60.7 Å². The molecule has 56 heavy (non-hydrogen) atoms. The maximum absolute atomic E-state index is 9.65. The Morgan fingerprint density at radius 2 is 0.607 bits per heavy atom. The first-order chi connectivity index (χ1) is 35.3. The van der Waals surface area contributed by atoms with E-state index in [9.17, 15) is 11.0 Å². The van der Waals surface area contributed by atoms with Gasteiger partial charge in [0.15, 0.2) is 0 Å². The smallest absolute Gasteiger partial charge is 0.0622 e. The largest absolute Gasteiger partial charge is 0.0630 e. The molecule has 0 aliphatic carbocycles. The second-order valence-electron chi connectivity index (χ2n) is 13.8. The van der Waals surface area contributed by atoms with Gasteiger partial charge in [-0.3, -0.25) is 0 Å². The Morgan fingerprint density at radius 3 is 1.14 bits per heavy atom. The minimum Gasteiger partial charge on any atom is -0.0622 e. The molecule has 0 saturated heterocycles. The van der Waals surface area contributed by atoms with Crippen LogP contribution in [0.15, 0.2) is 206 Å². The highest BCUT2D eigenvalue weighted by atomic mass is 14.2. The van der Waals surface area contributed by atoms with Crippen LogP contribution in [-0.2, 0) is 0 Å². The predicted octanol–water partition coefficient (Wildman–Crippen LogP) is 15.8. The number of hydrogen-bond donors (Lipinski definition) is 0. The van der Waals surface area contributed by atoms with E-state index in [1.165, 1.54) is 0 Å². The van der Waals surface area contributed by atoms with Gasteiger partial charge in [-0.1, -0.05) is 175 Å². The zero-order valence-electron chi connectivity index (χ0n) is 47.2. The van der Waals surface area contributed by atoms with Crippen molar-refractivity contribution < 1.29 is 24.7 Å². The minimum absolute atomic E-state index is 0.00343. The molecular weight excluding hydrogens is 673 g/mol. The second kappa shape index (κ2) is 12.1. The van der Waals surface area contributed by atoms with Gasteiger partial charge >= 0.3 is 0 Å². The van der Waals surface area contributed by atoms with Crippen molar-refractivity contribution in [2.45, 2.75) is 0 Å². The van der Waals surface area contributed by atoms with Gasteiger partial charge in [0.1, 0.15) is 0 Å². The summed E-state index contributed by atoms with van der Waals surface area (Å²) in [6, 6.07) is 21.0. The van der Waals surface area contributed by atoms with Crippen molar-refractivity contribution in [3.05, 3.63) is 206 Å². The van der Waals surface area contributed by atoms with Crippen LogP contribution >= 0.6 is 0 Å². The number of rotatable bonds is 5. The van der Waals surface area contributed by atoms with E-state index in [1.54, 1.807) is 36.4 Å². The van der Waals surface area contributed by atoms with Crippen LogP contribution in [0.3, 0.4) is 0 Å². The van der Waals surface area contributed by atoms with E-state index < -0.39 is 109 Å². The summed E-state index contributed by atoms with van der Waals surface area (Å²) in [7, 11) is 0. The third-order valence-corrected chi connectivity index (χ3v) is 10.6. The normalized spacial score (nSPS) is 16.4. The van der Waals surface area contributed by atoms with Crippen LogP contribution in [0.2, 0.25) is 0 Å². The van der Waals surface area contributed by atoms with Crippen molar-refractivity contribution in [3.63, 3.8) is 0 Å². The highest BCUT2D eigenvalue weighted by Gasteiger charge is 2.16. The summed E-state index contributed by atoms with van der Waals surface area (Å²) in [6.45, 7) is 0. The summed E-state index contributed by atoms with van der Waals surface area (Å²) in [4.78, 5) is 0. The van der Waals surface area contributed by atoms with E-state index in [4.69, 9.17) is 13.7 Å². The zero-order valence-corrected chi connectivity index (χ0v) is 29.2. The van der Waals surface area contributed by atoms with Crippen LogP contribution in [-0.4, -0.2) is 0 Å². The van der Waals surface area contributed by atoms with Gasteiger partial charge in [-0.15, -0.1) is 0 Å². The van der Waals surface area contributed by atoms with Crippen LogP contribution in [0, 0.1) is 0 Å². The fraction of sp³-hybridized carbons (Fsp3) is 0. The second-order valence-corrected chi connectivity index (χ2v) is 13.8. The molecule has 0 heterocycles. The fourth-order valence-electron chi connectivity index (χ4n) is 8.03. The van der Waals surface area contributed by atoms with Crippen molar-refractivity contribution in [2.24, 2.45) is 0 Å². The Morgan fingerprint density at radius 1 is 0.250 bits per heavy atom. The summed E-state index contributed by atoms with van der Waals surface area (Å²) in [6.07, 6.45) is 0. The van der Waals surface area contributed by atoms with Crippen molar-refractivity contribution >= 4 is 64.6 Å². The molecule has 258 valence electrons. The topological polar surface area (TPSA) is 0 Å². The summed E-state index contributed by atoms with van der Waals surface area (Å²) in [5, 5.41) is -0.843. The Hall–Kier alpha value is -7.28. The van der Waals surface area contributed by atoms with Gasteiger partial charge in [0.2, 0.25) is 0 Å². The summed E-state index contributed by atoms with van der Waals surface area (Å²) < 4.78 is 164. The lowest BCUT2D eigenvalue weighted by atomic mass is 9.87. The van der Waals surface area contributed by atoms with Gasteiger partial charge in [-0.25, -0.2) is 0 Å². The number of hydrogen-bond acceptors (Lipinski definition) is 0. The molecule has 0 bridgehead atoms. The summed E-state index contributed by atoms with van der Waals surface area (Å²) in [5.74, 6) is 0. The predicted molar refractivity (Wildman–Crippen MR) is 241 cm³/mol. The molecule has 12 rings (SSSR count). The maximum Gasteiger partial charge on any atom is 0.0630 e. The zero-order chi connectivity index (χ0) is 52.4. The molecule has 0 unspecified atom stereocenters. The third kappa shape index (κ3) is 4.79. The first-order valence-electron chi connectivity index (χ1n) is 27.0. The quantitative estimate of drug-likeness (QED) is 0.155. The first-order valence-corrected chi connectivity index (χ1v) is 18.0. The van der Waals surface area contributed by atoms with Crippen molar-refractivity contribution in [3.8, 4) is 55.6 Å². The molecule has 0 aliphatic rings. The lowest BCUT2D eigenvalue weighted by molar-refractivity contribution is 1.56. The van der Waals surface area contributed by atoms with E-state index in [0.717, 1.165) is 16.7 Å². The molecule has 0 fully saturated rings. The molecule has 0 saturated carbocycles.